The lowest BCUT2D eigenvalue weighted by Gasteiger charge is -2.09. The van der Waals surface area contributed by atoms with E-state index in [0.717, 1.165) is 29.8 Å². The van der Waals surface area contributed by atoms with Crippen molar-refractivity contribution in [3.8, 4) is 0 Å². The van der Waals surface area contributed by atoms with E-state index in [1.807, 2.05) is 31.2 Å². The van der Waals surface area contributed by atoms with Gasteiger partial charge in [0, 0.05) is 23.7 Å². The molecular formula is C19H19ClFN3O. The Labute approximate surface area is 150 Å². The van der Waals surface area contributed by atoms with Gasteiger partial charge in [-0.1, -0.05) is 29.8 Å². The summed E-state index contributed by atoms with van der Waals surface area (Å²) in [5.41, 5.74) is 2.29. The number of nitrogens with one attached hydrogen (secondary N) is 1. The summed E-state index contributed by atoms with van der Waals surface area (Å²) in [6.07, 6.45) is 0.705. The van der Waals surface area contributed by atoms with Gasteiger partial charge in [-0.25, -0.2) is 9.37 Å². The van der Waals surface area contributed by atoms with Gasteiger partial charge in [0.15, 0.2) is 0 Å². The minimum absolute atomic E-state index is 0.0570. The Hall–Kier alpha value is -2.40. The smallest absolute Gasteiger partial charge is 0.224 e. The molecule has 1 N–H and O–H groups in total. The normalized spacial score (nSPS) is 11.0. The van der Waals surface area contributed by atoms with Crippen LogP contribution >= 0.6 is 11.6 Å². The fourth-order valence-corrected chi connectivity index (χ4v) is 3.10. The molecule has 0 aliphatic heterocycles. The first kappa shape index (κ1) is 17.4. The van der Waals surface area contributed by atoms with Gasteiger partial charge in [0.1, 0.15) is 11.6 Å². The number of carbonyl (C=O) groups is 1. The van der Waals surface area contributed by atoms with Crippen LogP contribution in [0.2, 0.25) is 5.02 Å². The fourth-order valence-electron chi connectivity index (χ4n) is 2.87. The molecule has 2 aromatic carbocycles. The summed E-state index contributed by atoms with van der Waals surface area (Å²) < 4.78 is 15.8. The average Bonchev–Trinajstić information content (AvgIpc) is 2.90. The van der Waals surface area contributed by atoms with Crippen LogP contribution in [-0.4, -0.2) is 22.0 Å². The molecular weight excluding hydrogens is 341 g/mol. The van der Waals surface area contributed by atoms with E-state index in [0.29, 0.717) is 6.54 Å². The molecule has 0 unspecified atom stereocenters. The van der Waals surface area contributed by atoms with Crippen molar-refractivity contribution in [2.24, 2.45) is 0 Å². The average molecular weight is 360 g/mol. The quantitative estimate of drug-likeness (QED) is 0.679. The SMILES string of the molecule is Cc1nc2ccccc2n1CCCNC(=O)Cc1c(F)cccc1Cl. The van der Waals surface area contributed by atoms with E-state index >= 15 is 0 Å². The molecule has 1 amide bonds. The lowest BCUT2D eigenvalue weighted by atomic mass is 10.1. The summed E-state index contributed by atoms with van der Waals surface area (Å²) in [6, 6.07) is 12.4. The molecule has 0 saturated heterocycles. The Morgan fingerprint density at radius 3 is 2.84 bits per heavy atom. The lowest BCUT2D eigenvalue weighted by molar-refractivity contribution is -0.120. The zero-order valence-electron chi connectivity index (χ0n) is 13.9. The van der Waals surface area contributed by atoms with Crippen LogP contribution in [0.4, 0.5) is 4.39 Å². The van der Waals surface area contributed by atoms with Crippen LogP contribution in [0, 0.1) is 12.7 Å². The Kier molecular flexibility index (Phi) is 5.34. The van der Waals surface area contributed by atoms with Gasteiger partial charge in [-0.3, -0.25) is 4.79 Å². The number of rotatable bonds is 6. The Balaban J connectivity index is 1.53. The molecule has 0 radical (unpaired) electrons. The Morgan fingerprint density at radius 1 is 1.24 bits per heavy atom. The van der Waals surface area contributed by atoms with E-state index in [1.54, 1.807) is 6.07 Å². The molecule has 3 aromatic rings. The number of nitrogens with zero attached hydrogens (tertiary/aromatic N) is 2. The van der Waals surface area contributed by atoms with E-state index in [-0.39, 0.29) is 22.9 Å². The van der Waals surface area contributed by atoms with E-state index in [2.05, 4.69) is 14.9 Å². The number of para-hydroxylation sites is 2. The summed E-state index contributed by atoms with van der Waals surface area (Å²) in [6.45, 7) is 3.24. The number of amides is 1. The molecule has 4 nitrogen and oxygen atoms in total. The maximum Gasteiger partial charge on any atom is 0.224 e. The summed E-state index contributed by atoms with van der Waals surface area (Å²) in [5.74, 6) is 0.257. The number of aryl methyl sites for hydroxylation is 2. The second kappa shape index (κ2) is 7.66. The number of benzene rings is 2. The van der Waals surface area contributed by atoms with E-state index in [1.165, 1.54) is 12.1 Å². The van der Waals surface area contributed by atoms with Crippen molar-refractivity contribution in [3.63, 3.8) is 0 Å². The highest BCUT2D eigenvalue weighted by atomic mass is 35.5. The van der Waals surface area contributed by atoms with Crippen LogP contribution in [0.3, 0.4) is 0 Å². The topological polar surface area (TPSA) is 46.9 Å². The zero-order chi connectivity index (χ0) is 17.8. The predicted molar refractivity (Wildman–Crippen MR) is 97.2 cm³/mol. The molecule has 3 rings (SSSR count). The van der Waals surface area contributed by atoms with Gasteiger partial charge in [0.25, 0.3) is 0 Å². The Bertz CT molecular complexity index is 887. The Morgan fingerprint density at radius 2 is 2.04 bits per heavy atom. The number of hydrogen-bond donors (Lipinski definition) is 1. The zero-order valence-corrected chi connectivity index (χ0v) is 14.7. The minimum Gasteiger partial charge on any atom is -0.356 e. The first-order chi connectivity index (χ1) is 12.1. The summed E-state index contributed by atoms with van der Waals surface area (Å²) in [7, 11) is 0. The molecule has 25 heavy (non-hydrogen) atoms. The minimum atomic E-state index is -0.455. The molecule has 130 valence electrons. The molecule has 1 aromatic heterocycles. The largest absolute Gasteiger partial charge is 0.356 e. The van der Waals surface area contributed by atoms with Crippen molar-refractivity contribution >= 4 is 28.5 Å². The maximum atomic E-state index is 13.7. The van der Waals surface area contributed by atoms with Crippen LogP contribution in [0.5, 0.6) is 0 Å². The van der Waals surface area contributed by atoms with Gasteiger partial charge in [-0.2, -0.15) is 0 Å². The van der Waals surface area contributed by atoms with Gasteiger partial charge in [-0.15, -0.1) is 0 Å². The van der Waals surface area contributed by atoms with Gasteiger partial charge < -0.3 is 9.88 Å². The van der Waals surface area contributed by atoms with Gasteiger partial charge in [0.05, 0.1) is 17.5 Å². The molecule has 0 aliphatic carbocycles. The molecule has 0 fully saturated rings. The van der Waals surface area contributed by atoms with Crippen LogP contribution in [0.1, 0.15) is 17.8 Å². The van der Waals surface area contributed by atoms with Crippen LogP contribution < -0.4 is 5.32 Å². The predicted octanol–water partition coefficient (Wildman–Crippen LogP) is 3.89. The number of hydrogen-bond acceptors (Lipinski definition) is 2. The number of fused-ring (bicyclic) bond motifs is 1. The fraction of sp³-hybridized carbons (Fsp3) is 0.263. The van der Waals surface area contributed by atoms with Crippen LogP contribution in [0.15, 0.2) is 42.5 Å². The highest BCUT2D eigenvalue weighted by molar-refractivity contribution is 6.31. The molecule has 6 heteroatoms. The number of halogens is 2. The molecule has 0 atom stereocenters. The number of imidazole rings is 1. The standard InChI is InChI=1S/C19H19ClFN3O/c1-13-23-17-8-2-3-9-18(17)24(13)11-5-10-22-19(25)12-14-15(20)6-4-7-16(14)21/h2-4,6-9H,5,10-12H2,1H3,(H,22,25). The van der Waals surface area contributed by atoms with Crippen LogP contribution in [-0.2, 0) is 17.8 Å². The molecule has 1 heterocycles. The third kappa shape index (κ3) is 3.99. The van der Waals surface area contributed by atoms with Crippen molar-refractivity contribution in [2.75, 3.05) is 6.54 Å². The first-order valence-electron chi connectivity index (χ1n) is 8.17. The third-order valence-corrected chi connectivity index (χ3v) is 4.48. The molecule has 0 spiro atoms. The monoisotopic (exact) mass is 359 g/mol. The maximum absolute atomic E-state index is 13.7. The molecule has 0 aliphatic rings. The third-order valence-electron chi connectivity index (χ3n) is 4.13. The van der Waals surface area contributed by atoms with Crippen molar-refractivity contribution < 1.29 is 9.18 Å². The van der Waals surface area contributed by atoms with Crippen LogP contribution in [0.25, 0.3) is 11.0 Å². The first-order valence-corrected chi connectivity index (χ1v) is 8.55. The van der Waals surface area contributed by atoms with E-state index < -0.39 is 5.82 Å². The summed E-state index contributed by atoms with van der Waals surface area (Å²) in [4.78, 5) is 16.5. The van der Waals surface area contributed by atoms with Crippen molar-refractivity contribution in [3.05, 3.63) is 64.7 Å². The summed E-state index contributed by atoms with van der Waals surface area (Å²) in [5, 5.41) is 3.09. The molecule has 0 saturated carbocycles. The lowest BCUT2D eigenvalue weighted by Crippen LogP contribution is -2.27. The highest BCUT2D eigenvalue weighted by Gasteiger charge is 2.12. The van der Waals surface area contributed by atoms with Crippen molar-refractivity contribution in [1.82, 2.24) is 14.9 Å². The van der Waals surface area contributed by atoms with Crippen molar-refractivity contribution in [1.29, 1.82) is 0 Å². The van der Waals surface area contributed by atoms with Gasteiger partial charge in [-0.05, 0) is 37.6 Å². The van der Waals surface area contributed by atoms with Crippen molar-refractivity contribution in [2.45, 2.75) is 26.3 Å². The molecule has 0 bridgehead atoms. The number of carbonyl (C=O) groups excluding carboxylic acids is 1. The van der Waals surface area contributed by atoms with E-state index in [9.17, 15) is 9.18 Å². The second-order valence-electron chi connectivity index (χ2n) is 5.88. The van der Waals surface area contributed by atoms with Gasteiger partial charge >= 0.3 is 0 Å². The van der Waals surface area contributed by atoms with E-state index in [4.69, 9.17) is 11.6 Å². The second-order valence-corrected chi connectivity index (χ2v) is 6.29. The highest BCUT2D eigenvalue weighted by Crippen LogP contribution is 2.19. The van der Waals surface area contributed by atoms with Gasteiger partial charge in [0.2, 0.25) is 5.91 Å². The number of aromatic nitrogens is 2. The summed E-state index contributed by atoms with van der Waals surface area (Å²) >= 11 is 5.95.